The fourth-order valence-corrected chi connectivity index (χ4v) is 3.62. The first-order chi connectivity index (χ1) is 14.3. The van der Waals surface area contributed by atoms with Gasteiger partial charge < -0.3 is 14.8 Å². The molecular formula is C24H26FN3O2. The molecule has 6 heteroatoms. The van der Waals surface area contributed by atoms with Gasteiger partial charge in [-0.3, -0.25) is 9.59 Å². The first-order valence-electron chi connectivity index (χ1n) is 9.92. The molecule has 1 N–H and O–H groups in total. The first kappa shape index (κ1) is 21.3. The SMILES string of the molecule is CCN(Cc1ccccc1NC(=O)c1cc(C)n(-c2ccccc2F)c1C)C(C)=O. The molecule has 0 radical (unpaired) electrons. The Morgan fingerprint density at radius 1 is 1.07 bits per heavy atom. The summed E-state index contributed by atoms with van der Waals surface area (Å²) in [5, 5.41) is 2.96. The normalized spacial score (nSPS) is 10.7. The number of para-hydroxylation sites is 2. The molecule has 0 bridgehead atoms. The molecule has 30 heavy (non-hydrogen) atoms. The van der Waals surface area contributed by atoms with E-state index < -0.39 is 0 Å². The van der Waals surface area contributed by atoms with Gasteiger partial charge in [0.2, 0.25) is 5.91 Å². The van der Waals surface area contributed by atoms with E-state index in [1.165, 1.54) is 13.0 Å². The molecule has 2 aromatic carbocycles. The van der Waals surface area contributed by atoms with Gasteiger partial charge in [-0.1, -0.05) is 30.3 Å². The van der Waals surface area contributed by atoms with E-state index in [-0.39, 0.29) is 17.6 Å². The van der Waals surface area contributed by atoms with E-state index >= 15 is 0 Å². The third kappa shape index (κ3) is 4.27. The number of nitrogens with one attached hydrogen (secondary N) is 1. The molecule has 0 aliphatic rings. The number of nitrogens with zero attached hydrogens (tertiary/aromatic N) is 2. The van der Waals surface area contributed by atoms with Crippen molar-refractivity contribution in [3.63, 3.8) is 0 Å². The summed E-state index contributed by atoms with van der Waals surface area (Å²) >= 11 is 0. The van der Waals surface area contributed by atoms with Crippen LogP contribution in [0.3, 0.4) is 0 Å². The van der Waals surface area contributed by atoms with Crippen molar-refractivity contribution in [3.8, 4) is 5.69 Å². The van der Waals surface area contributed by atoms with Crippen molar-refractivity contribution in [3.05, 3.63) is 82.9 Å². The molecule has 3 rings (SSSR count). The maximum Gasteiger partial charge on any atom is 0.257 e. The van der Waals surface area contributed by atoms with Gasteiger partial charge in [-0.05, 0) is 50.6 Å². The predicted molar refractivity (Wildman–Crippen MR) is 116 cm³/mol. The van der Waals surface area contributed by atoms with Gasteiger partial charge in [0, 0.05) is 37.1 Å². The average Bonchev–Trinajstić information content (AvgIpc) is 3.01. The highest BCUT2D eigenvalue weighted by atomic mass is 19.1. The number of rotatable bonds is 6. The fourth-order valence-electron chi connectivity index (χ4n) is 3.62. The Hall–Kier alpha value is -3.41. The lowest BCUT2D eigenvalue weighted by atomic mass is 10.1. The highest BCUT2D eigenvalue weighted by molar-refractivity contribution is 6.05. The van der Waals surface area contributed by atoms with Gasteiger partial charge in [-0.2, -0.15) is 0 Å². The zero-order chi connectivity index (χ0) is 21.8. The van der Waals surface area contributed by atoms with E-state index in [9.17, 15) is 14.0 Å². The zero-order valence-corrected chi connectivity index (χ0v) is 17.7. The van der Waals surface area contributed by atoms with Crippen LogP contribution < -0.4 is 5.32 Å². The molecule has 0 aliphatic carbocycles. The Balaban J connectivity index is 1.91. The molecule has 1 heterocycles. The molecule has 156 valence electrons. The number of halogens is 1. The van der Waals surface area contributed by atoms with E-state index in [2.05, 4.69) is 5.32 Å². The third-order valence-electron chi connectivity index (χ3n) is 5.22. The van der Waals surface area contributed by atoms with Crippen LogP contribution in [0.2, 0.25) is 0 Å². The molecule has 5 nitrogen and oxygen atoms in total. The molecule has 3 aromatic rings. The average molecular weight is 407 g/mol. The Labute approximate surface area is 176 Å². The summed E-state index contributed by atoms with van der Waals surface area (Å²) in [6.45, 7) is 8.09. The monoisotopic (exact) mass is 407 g/mol. The summed E-state index contributed by atoms with van der Waals surface area (Å²) in [7, 11) is 0. The maximum atomic E-state index is 14.3. The summed E-state index contributed by atoms with van der Waals surface area (Å²) in [5.41, 5.74) is 3.82. The van der Waals surface area contributed by atoms with Crippen LogP contribution in [0.1, 0.15) is 41.2 Å². The number of amides is 2. The van der Waals surface area contributed by atoms with Crippen LogP contribution in [0, 0.1) is 19.7 Å². The van der Waals surface area contributed by atoms with Crippen LogP contribution in [-0.4, -0.2) is 27.8 Å². The topological polar surface area (TPSA) is 54.3 Å². The van der Waals surface area contributed by atoms with Gasteiger partial charge in [-0.15, -0.1) is 0 Å². The summed E-state index contributed by atoms with van der Waals surface area (Å²) in [5.74, 6) is -0.642. The van der Waals surface area contributed by atoms with Crippen LogP contribution in [-0.2, 0) is 11.3 Å². The number of hydrogen-bond acceptors (Lipinski definition) is 2. The van der Waals surface area contributed by atoms with Gasteiger partial charge >= 0.3 is 0 Å². The minimum atomic E-state index is -0.347. The van der Waals surface area contributed by atoms with Gasteiger partial charge in [0.1, 0.15) is 5.82 Å². The van der Waals surface area contributed by atoms with E-state index in [4.69, 9.17) is 0 Å². The van der Waals surface area contributed by atoms with Crippen molar-refractivity contribution in [2.24, 2.45) is 0 Å². The number of benzene rings is 2. The largest absolute Gasteiger partial charge is 0.339 e. The van der Waals surface area contributed by atoms with Crippen molar-refractivity contribution in [2.75, 3.05) is 11.9 Å². The maximum absolute atomic E-state index is 14.3. The Bertz CT molecular complexity index is 1090. The van der Waals surface area contributed by atoms with Gasteiger partial charge in [0.15, 0.2) is 0 Å². The molecule has 0 saturated heterocycles. The first-order valence-corrected chi connectivity index (χ1v) is 9.92. The smallest absolute Gasteiger partial charge is 0.257 e. The van der Waals surface area contributed by atoms with Crippen LogP contribution in [0.25, 0.3) is 5.69 Å². The number of aromatic nitrogens is 1. The second kappa shape index (κ2) is 8.95. The quantitative estimate of drug-likeness (QED) is 0.635. The second-order valence-electron chi connectivity index (χ2n) is 7.22. The zero-order valence-electron chi connectivity index (χ0n) is 17.7. The lowest BCUT2D eigenvalue weighted by Gasteiger charge is -2.21. The molecular weight excluding hydrogens is 381 g/mol. The standard InChI is InChI=1S/C24H26FN3O2/c1-5-27(18(4)29)15-19-10-6-8-12-22(19)26-24(30)20-14-16(2)28(17(20)3)23-13-9-7-11-21(23)25/h6-14H,5,15H2,1-4H3,(H,26,30). The number of anilines is 1. The lowest BCUT2D eigenvalue weighted by molar-refractivity contribution is -0.129. The molecule has 2 amide bonds. The number of carbonyl (C=O) groups is 2. The van der Waals surface area contributed by atoms with E-state index in [0.29, 0.717) is 35.7 Å². The minimum Gasteiger partial charge on any atom is -0.339 e. The fraction of sp³-hybridized carbons (Fsp3) is 0.250. The van der Waals surface area contributed by atoms with Crippen LogP contribution in [0.15, 0.2) is 54.6 Å². The summed E-state index contributed by atoms with van der Waals surface area (Å²) < 4.78 is 16.1. The molecule has 1 aromatic heterocycles. The lowest BCUT2D eigenvalue weighted by Crippen LogP contribution is -2.28. The molecule has 0 atom stereocenters. The van der Waals surface area contributed by atoms with Crippen molar-refractivity contribution in [1.29, 1.82) is 0 Å². The van der Waals surface area contributed by atoms with Gasteiger partial charge in [0.05, 0.1) is 11.3 Å². The molecule has 0 saturated carbocycles. The molecule has 0 unspecified atom stereocenters. The van der Waals surface area contributed by atoms with E-state index in [0.717, 1.165) is 11.3 Å². The van der Waals surface area contributed by atoms with E-state index in [1.807, 2.05) is 38.1 Å². The third-order valence-corrected chi connectivity index (χ3v) is 5.22. The summed E-state index contributed by atoms with van der Waals surface area (Å²) in [6, 6.07) is 15.7. The highest BCUT2D eigenvalue weighted by Crippen LogP contribution is 2.25. The van der Waals surface area contributed by atoms with Crippen molar-refractivity contribution < 1.29 is 14.0 Å². The Kier molecular flexibility index (Phi) is 6.35. The predicted octanol–water partition coefficient (Wildman–Crippen LogP) is 4.85. The minimum absolute atomic E-state index is 0.0212. The van der Waals surface area contributed by atoms with E-state index in [1.54, 1.807) is 40.7 Å². The molecule has 0 fully saturated rings. The summed E-state index contributed by atoms with van der Waals surface area (Å²) in [6.07, 6.45) is 0. The number of aryl methyl sites for hydroxylation is 1. The number of hydrogen-bond donors (Lipinski definition) is 1. The van der Waals surface area contributed by atoms with Gasteiger partial charge in [-0.25, -0.2) is 4.39 Å². The van der Waals surface area contributed by atoms with Crippen molar-refractivity contribution in [1.82, 2.24) is 9.47 Å². The highest BCUT2D eigenvalue weighted by Gasteiger charge is 2.19. The molecule has 0 spiro atoms. The second-order valence-corrected chi connectivity index (χ2v) is 7.22. The van der Waals surface area contributed by atoms with Crippen molar-refractivity contribution >= 4 is 17.5 Å². The number of carbonyl (C=O) groups excluding carboxylic acids is 2. The van der Waals surface area contributed by atoms with Crippen molar-refractivity contribution in [2.45, 2.75) is 34.2 Å². The summed E-state index contributed by atoms with van der Waals surface area (Å²) in [4.78, 5) is 26.5. The van der Waals surface area contributed by atoms with Crippen LogP contribution in [0.5, 0.6) is 0 Å². The van der Waals surface area contributed by atoms with Gasteiger partial charge in [0.25, 0.3) is 5.91 Å². The van der Waals surface area contributed by atoms with Crippen LogP contribution >= 0.6 is 0 Å². The van der Waals surface area contributed by atoms with Crippen LogP contribution in [0.4, 0.5) is 10.1 Å². The Morgan fingerprint density at radius 3 is 2.40 bits per heavy atom. The Morgan fingerprint density at radius 2 is 1.73 bits per heavy atom. The molecule has 0 aliphatic heterocycles.